The summed E-state index contributed by atoms with van der Waals surface area (Å²) in [5.41, 5.74) is 0.991. The molecular weight excluding hydrogens is 384 g/mol. The highest BCUT2D eigenvalue weighted by molar-refractivity contribution is 6.04. The molecule has 0 spiro atoms. The lowest BCUT2D eigenvalue weighted by Gasteiger charge is -2.36. The van der Waals surface area contributed by atoms with Gasteiger partial charge in [0.2, 0.25) is 0 Å². The number of ether oxygens (including phenoxy) is 2. The van der Waals surface area contributed by atoms with Gasteiger partial charge < -0.3 is 9.47 Å². The van der Waals surface area contributed by atoms with Crippen LogP contribution in [-0.4, -0.2) is 30.4 Å². The Morgan fingerprint density at radius 2 is 1.07 bits per heavy atom. The van der Waals surface area contributed by atoms with Gasteiger partial charge in [0.15, 0.2) is 12.5 Å². The molecule has 0 aliphatic carbocycles. The molecule has 0 fully saturated rings. The van der Waals surface area contributed by atoms with Crippen molar-refractivity contribution in [2.75, 3.05) is 9.80 Å². The first-order valence-corrected chi connectivity index (χ1v) is 9.27. The number of carbonyl (C=O) groups excluding carboxylic acids is 3. The highest BCUT2D eigenvalue weighted by Gasteiger charge is 2.33. The lowest BCUT2D eigenvalue weighted by Crippen LogP contribution is -2.53. The fourth-order valence-corrected chi connectivity index (χ4v) is 2.78. The Hall–Kier alpha value is -3.87. The van der Waals surface area contributed by atoms with Crippen molar-refractivity contribution in [1.29, 1.82) is 0 Å². The molecule has 7 nitrogen and oxygen atoms in total. The number of urea groups is 1. The van der Waals surface area contributed by atoms with Gasteiger partial charge in [0, 0.05) is 23.5 Å². The summed E-state index contributed by atoms with van der Waals surface area (Å²) in [6.07, 6.45) is 0.124. The summed E-state index contributed by atoms with van der Waals surface area (Å²) in [4.78, 5) is 39.8. The molecule has 2 unspecified atom stereocenters. The van der Waals surface area contributed by atoms with Crippen LogP contribution >= 0.6 is 0 Å². The maximum atomic E-state index is 13.7. The van der Waals surface area contributed by atoms with E-state index in [0.29, 0.717) is 11.4 Å². The lowest BCUT2D eigenvalue weighted by atomic mass is 10.2. The number of amides is 2. The van der Waals surface area contributed by atoms with Crippen molar-refractivity contribution in [2.24, 2.45) is 0 Å². The molecular formula is C23H24N2O5. The summed E-state index contributed by atoms with van der Waals surface area (Å²) in [7, 11) is 0. The highest BCUT2D eigenvalue weighted by atomic mass is 16.6. The smallest absolute Gasteiger partial charge is 0.334 e. The van der Waals surface area contributed by atoms with Crippen LogP contribution in [0.1, 0.15) is 13.8 Å². The predicted molar refractivity (Wildman–Crippen MR) is 115 cm³/mol. The third-order valence-corrected chi connectivity index (χ3v) is 4.11. The first-order chi connectivity index (χ1) is 14.4. The molecule has 30 heavy (non-hydrogen) atoms. The van der Waals surface area contributed by atoms with Gasteiger partial charge in [-0.3, -0.25) is 9.80 Å². The predicted octanol–water partition coefficient (Wildman–Crippen LogP) is 4.27. The highest BCUT2D eigenvalue weighted by Crippen LogP contribution is 2.25. The minimum absolute atomic E-state index is 0.495. The molecule has 0 radical (unpaired) electrons. The van der Waals surface area contributed by atoms with E-state index >= 15 is 0 Å². The van der Waals surface area contributed by atoms with Crippen LogP contribution in [0.3, 0.4) is 0 Å². The van der Waals surface area contributed by atoms with E-state index in [4.69, 9.17) is 9.47 Å². The maximum absolute atomic E-state index is 13.7. The molecule has 2 aromatic rings. The number of para-hydroxylation sites is 2. The number of nitrogens with zero attached hydrogens (tertiary/aromatic N) is 2. The largest absolute Gasteiger partial charge is 0.438 e. The van der Waals surface area contributed by atoms with Crippen molar-refractivity contribution in [2.45, 2.75) is 26.3 Å². The van der Waals surface area contributed by atoms with Crippen LogP contribution < -0.4 is 9.80 Å². The second kappa shape index (κ2) is 10.6. The molecule has 2 aromatic carbocycles. The molecule has 0 N–H and O–H groups in total. The third kappa shape index (κ3) is 5.57. The van der Waals surface area contributed by atoms with Crippen LogP contribution in [0.2, 0.25) is 0 Å². The van der Waals surface area contributed by atoms with E-state index in [1.165, 1.54) is 9.80 Å². The van der Waals surface area contributed by atoms with Gasteiger partial charge in [-0.25, -0.2) is 14.4 Å². The summed E-state index contributed by atoms with van der Waals surface area (Å²) in [6, 6.07) is 16.9. The Bertz CT molecular complexity index is 825. The van der Waals surface area contributed by atoms with Gasteiger partial charge in [-0.05, 0) is 38.1 Å². The number of hydrogen-bond donors (Lipinski definition) is 0. The lowest BCUT2D eigenvalue weighted by molar-refractivity contribution is -0.142. The molecule has 0 aromatic heterocycles. The van der Waals surface area contributed by atoms with Crippen molar-refractivity contribution in [1.82, 2.24) is 0 Å². The molecule has 2 atom stereocenters. The molecule has 0 aliphatic heterocycles. The average Bonchev–Trinajstić information content (AvgIpc) is 2.75. The molecule has 2 rings (SSSR count). The maximum Gasteiger partial charge on any atom is 0.334 e. The van der Waals surface area contributed by atoms with E-state index in [-0.39, 0.29) is 0 Å². The van der Waals surface area contributed by atoms with E-state index in [2.05, 4.69) is 13.2 Å². The number of benzene rings is 2. The number of esters is 2. The van der Waals surface area contributed by atoms with Crippen LogP contribution in [-0.2, 0) is 19.1 Å². The normalized spacial score (nSPS) is 12.1. The zero-order valence-corrected chi connectivity index (χ0v) is 16.9. The number of hydrogen-bond acceptors (Lipinski definition) is 5. The fourth-order valence-electron chi connectivity index (χ4n) is 2.78. The van der Waals surface area contributed by atoms with E-state index in [9.17, 15) is 14.4 Å². The van der Waals surface area contributed by atoms with Gasteiger partial charge in [0.05, 0.1) is 0 Å². The third-order valence-electron chi connectivity index (χ3n) is 4.11. The zero-order chi connectivity index (χ0) is 22.1. The van der Waals surface area contributed by atoms with Gasteiger partial charge >= 0.3 is 18.0 Å². The van der Waals surface area contributed by atoms with Crippen molar-refractivity contribution in [3.8, 4) is 0 Å². The number of anilines is 2. The second-order valence-corrected chi connectivity index (χ2v) is 6.17. The van der Waals surface area contributed by atoms with Crippen molar-refractivity contribution < 1.29 is 23.9 Å². The van der Waals surface area contributed by atoms with Crippen molar-refractivity contribution in [3.63, 3.8) is 0 Å². The molecule has 0 saturated carbocycles. The Balaban J connectivity index is 2.50. The van der Waals surface area contributed by atoms with Crippen LogP contribution in [0.4, 0.5) is 16.2 Å². The quantitative estimate of drug-likeness (QED) is 0.370. The fraction of sp³-hybridized carbons (Fsp3) is 0.174. The minimum atomic E-state index is -0.959. The topological polar surface area (TPSA) is 76.2 Å². The summed E-state index contributed by atoms with van der Waals surface area (Å²) in [5.74, 6) is -1.35. The van der Waals surface area contributed by atoms with Gasteiger partial charge in [-0.2, -0.15) is 0 Å². The summed E-state index contributed by atoms with van der Waals surface area (Å²) in [5, 5.41) is 0. The number of rotatable bonds is 8. The Labute approximate surface area is 175 Å². The molecule has 0 heterocycles. The standard InChI is InChI=1S/C23H24N2O5/c1-5-21(26)29-17(3)24(19-13-9-7-10-14-19)23(28)25(18(4)30-22(27)6-2)20-15-11-8-12-16-20/h5-18H,1-2H2,3-4H3. The van der Waals surface area contributed by atoms with Crippen LogP contribution in [0.25, 0.3) is 0 Å². The monoisotopic (exact) mass is 408 g/mol. The molecule has 0 aliphatic rings. The first-order valence-electron chi connectivity index (χ1n) is 9.27. The molecule has 0 saturated heterocycles. The van der Waals surface area contributed by atoms with E-state index in [1.807, 2.05) is 0 Å². The molecule has 2 amide bonds. The first kappa shape index (κ1) is 22.4. The van der Waals surface area contributed by atoms with Gasteiger partial charge in [0.25, 0.3) is 0 Å². The van der Waals surface area contributed by atoms with Crippen LogP contribution in [0, 0.1) is 0 Å². The Morgan fingerprint density at radius 3 is 1.37 bits per heavy atom. The van der Waals surface area contributed by atoms with E-state index in [1.54, 1.807) is 74.5 Å². The second-order valence-electron chi connectivity index (χ2n) is 6.17. The molecule has 7 heteroatoms. The summed E-state index contributed by atoms with van der Waals surface area (Å²) in [6.45, 7) is 9.91. The molecule has 0 bridgehead atoms. The molecule has 156 valence electrons. The van der Waals surface area contributed by atoms with Gasteiger partial charge in [0.1, 0.15) is 0 Å². The van der Waals surface area contributed by atoms with Gasteiger partial charge in [-0.15, -0.1) is 0 Å². The van der Waals surface area contributed by atoms with Gasteiger partial charge in [-0.1, -0.05) is 49.6 Å². The Kier molecular flexibility index (Phi) is 7.93. The Morgan fingerprint density at radius 1 is 0.733 bits per heavy atom. The summed E-state index contributed by atoms with van der Waals surface area (Å²) >= 11 is 0. The summed E-state index contributed by atoms with van der Waals surface area (Å²) < 4.78 is 10.6. The number of carbonyl (C=O) groups is 3. The average molecular weight is 408 g/mol. The SMILES string of the molecule is C=CC(=O)OC(C)N(C(=O)N(c1ccccc1)C(C)OC(=O)C=C)c1ccccc1. The minimum Gasteiger partial charge on any atom is -0.438 e. The zero-order valence-electron chi connectivity index (χ0n) is 16.9. The van der Waals surface area contributed by atoms with Crippen molar-refractivity contribution >= 4 is 29.3 Å². The van der Waals surface area contributed by atoms with E-state index in [0.717, 1.165) is 12.2 Å². The van der Waals surface area contributed by atoms with Crippen LogP contribution in [0.15, 0.2) is 86.0 Å². The van der Waals surface area contributed by atoms with E-state index < -0.39 is 30.4 Å². The van der Waals surface area contributed by atoms with Crippen molar-refractivity contribution in [3.05, 3.63) is 86.0 Å². The van der Waals surface area contributed by atoms with Crippen LogP contribution in [0.5, 0.6) is 0 Å².